The molecule has 0 spiro atoms. The van der Waals surface area contributed by atoms with Crippen LogP contribution in [0.5, 0.6) is 0 Å². The molecule has 29 heavy (non-hydrogen) atoms. The van der Waals surface area contributed by atoms with Gasteiger partial charge in [0.25, 0.3) is 0 Å². The molecule has 1 amide bonds. The molecule has 2 aliphatic carbocycles. The molecule has 2 N–H and O–H groups in total. The van der Waals surface area contributed by atoms with Gasteiger partial charge in [-0.2, -0.15) is 0 Å². The summed E-state index contributed by atoms with van der Waals surface area (Å²) in [5.41, 5.74) is 2.31. The molecule has 0 atom stereocenters. The van der Waals surface area contributed by atoms with E-state index in [4.69, 9.17) is 0 Å². The molecule has 6 heteroatoms. The molecule has 2 aromatic carbocycles. The summed E-state index contributed by atoms with van der Waals surface area (Å²) in [6.07, 6.45) is 3.36. The van der Waals surface area contributed by atoms with E-state index in [9.17, 15) is 13.2 Å². The fourth-order valence-electron chi connectivity index (χ4n) is 3.54. The summed E-state index contributed by atoms with van der Waals surface area (Å²) in [7, 11) is -3.55. The zero-order valence-electron chi connectivity index (χ0n) is 17.2. The third-order valence-corrected chi connectivity index (χ3v) is 7.31. The molecule has 0 heterocycles. The predicted molar refractivity (Wildman–Crippen MR) is 114 cm³/mol. The lowest BCUT2D eigenvalue weighted by Gasteiger charge is -2.21. The number of anilines is 1. The van der Waals surface area contributed by atoms with Gasteiger partial charge in [-0.25, -0.2) is 13.1 Å². The van der Waals surface area contributed by atoms with Gasteiger partial charge in [0.1, 0.15) is 0 Å². The van der Waals surface area contributed by atoms with Gasteiger partial charge in [-0.1, -0.05) is 51.1 Å². The molecule has 0 aromatic heterocycles. The monoisotopic (exact) mass is 412 g/mol. The molecule has 0 aliphatic heterocycles. The fraction of sp³-hybridized carbons (Fsp3) is 0.435. The second-order valence-corrected chi connectivity index (χ2v) is 11.0. The normalized spacial score (nSPS) is 18.3. The fourth-order valence-corrected chi connectivity index (χ4v) is 4.89. The Hall–Kier alpha value is -2.18. The minimum atomic E-state index is -3.55. The average molecular weight is 413 g/mol. The molecule has 2 aromatic rings. The maximum Gasteiger partial charge on any atom is 0.240 e. The van der Waals surface area contributed by atoms with Crippen molar-refractivity contribution in [3.8, 4) is 0 Å². The van der Waals surface area contributed by atoms with Gasteiger partial charge in [0.05, 0.1) is 10.3 Å². The highest BCUT2D eigenvalue weighted by Gasteiger charge is 2.51. The van der Waals surface area contributed by atoms with E-state index in [-0.39, 0.29) is 22.3 Å². The Labute approximate surface area is 173 Å². The van der Waals surface area contributed by atoms with Crippen LogP contribution in [0.4, 0.5) is 5.69 Å². The smallest absolute Gasteiger partial charge is 0.240 e. The number of hydrogen-bond donors (Lipinski definition) is 2. The Bertz CT molecular complexity index is 1030. The SMILES string of the molecule is CC(C)(C)c1ccc(C2(C(=O)Nc3cccc(S(=O)(=O)NC4CC4)c3)CC2)cc1. The third kappa shape index (κ3) is 4.23. The molecule has 0 saturated heterocycles. The van der Waals surface area contributed by atoms with Crippen LogP contribution in [0.15, 0.2) is 53.4 Å². The van der Waals surface area contributed by atoms with E-state index in [1.165, 1.54) is 11.6 Å². The van der Waals surface area contributed by atoms with Crippen LogP contribution in [-0.2, 0) is 25.6 Å². The van der Waals surface area contributed by atoms with E-state index in [1.54, 1.807) is 18.2 Å². The molecule has 154 valence electrons. The Morgan fingerprint density at radius 1 is 1.03 bits per heavy atom. The summed E-state index contributed by atoms with van der Waals surface area (Å²) in [6, 6.07) is 14.8. The van der Waals surface area contributed by atoms with Crippen LogP contribution in [0.2, 0.25) is 0 Å². The standard InChI is InChI=1S/C23H28N2O3S/c1-22(2,3)16-7-9-17(10-8-16)23(13-14-23)21(26)24-19-5-4-6-20(15-19)29(27,28)25-18-11-12-18/h4-10,15,18,25H,11-14H2,1-3H3,(H,24,26). The lowest BCUT2D eigenvalue weighted by Crippen LogP contribution is -2.28. The van der Waals surface area contributed by atoms with Crippen LogP contribution in [0, 0.1) is 0 Å². The van der Waals surface area contributed by atoms with Crippen molar-refractivity contribution in [1.82, 2.24) is 4.72 Å². The molecule has 5 nitrogen and oxygen atoms in total. The largest absolute Gasteiger partial charge is 0.325 e. The number of rotatable bonds is 6. The number of sulfonamides is 1. The highest BCUT2D eigenvalue weighted by atomic mass is 32.2. The zero-order chi connectivity index (χ0) is 20.9. The molecule has 4 rings (SSSR count). The Morgan fingerprint density at radius 2 is 1.69 bits per heavy atom. The maximum atomic E-state index is 13.1. The lowest BCUT2D eigenvalue weighted by atomic mass is 9.85. The van der Waals surface area contributed by atoms with Crippen LogP contribution in [0.3, 0.4) is 0 Å². The molecule has 2 aliphatic rings. The Morgan fingerprint density at radius 3 is 2.24 bits per heavy atom. The van der Waals surface area contributed by atoms with Crippen molar-refractivity contribution in [2.45, 2.75) is 68.2 Å². The highest BCUT2D eigenvalue weighted by molar-refractivity contribution is 7.89. The van der Waals surface area contributed by atoms with Gasteiger partial charge in [-0.3, -0.25) is 4.79 Å². The summed E-state index contributed by atoms with van der Waals surface area (Å²) >= 11 is 0. The minimum absolute atomic E-state index is 0.0454. The van der Waals surface area contributed by atoms with Gasteiger partial charge in [-0.05, 0) is 60.4 Å². The Balaban J connectivity index is 1.51. The van der Waals surface area contributed by atoms with Crippen LogP contribution in [-0.4, -0.2) is 20.4 Å². The van der Waals surface area contributed by atoms with E-state index in [2.05, 4.69) is 42.9 Å². The van der Waals surface area contributed by atoms with Crippen molar-refractivity contribution in [1.29, 1.82) is 0 Å². The van der Waals surface area contributed by atoms with E-state index in [0.29, 0.717) is 5.69 Å². The summed E-state index contributed by atoms with van der Waals surface area (Å²) < 4.78 is 27.6. The van der Waals surface area contributed by atoms with Crippen molar-refractivity contribution in [2.75, 3.05) is 5.32 Å². The van der Waals surface area contributed by atoms with Crippen LogP contribution in [0.1, 0.15) is 57.6 Å². The van der Waals surface area contributed by atoms with Crippen LogP contribution < -0.4 is 10.0 Å². The summed E-state index contributed by atoms with van der Waals surface area (Å²) in [5.74, 6) is -0.0780. The van der Waals surface area contributed by atoms with Gasteiger partial charge < -0.3 is 5.32 Å². The van der Waals surface area contributed by atoms with Gasteiger partial charge in [0.15, 0.2) is 0 Å². The quantitative estimate of drug-likeness (QED) is 0.750. The van der Waals surface area contributed by atoms with Gasteiger partial charge in [0.2, 0.25) is 15.9 Å². The van der Waals surface area contributed by atoms with Crippen LogP contribution >= 0.6 is 0 Å². The number of carbonyl (C=O) groups excluding carboxylic acids is 1. The van der Waals surface area contributed by atoms with Crippen molar-refractivity contribution in [3.63, 3.8) is 0 Å². The molecule has 2 saturated carbocycles. The average Bonchev–Trinajstić information content (AvgIpc) is 3.57. The number of carbonyl (C=O) groups is 1. The predicted octanol–water partition coefficient (Wildman–Crippen LogP) is 4.10. The van der Waals surface area contributed by atoms with E-state index >= 15 is 0 Å². The van der Waals surface area contributed by atoms with Crippen molar-refractivity contribution in [3.05, 3.63) is 59.7 Å². The molecular formula is C23H28N2O3S. The van der Waals surface area contributed by atoms with Crippen LogP contribution in [0.25, 0.3) is 0 Å². The number of hydrogen-bond acceptors (Lipinski definition) is 3. The highest BCUT2D eigenvalue weighted by Crippen LogP contribution is 2.49. The van der Waals surface area contributed by atoms with E-state index in [1.807, 2.05) is 12.1 Å². The van der Waals surface area contributed by atoms with Crippen molar-refractivity contribution < 1.29 is 13.2 Å². The second kappa shape index (κ2) is 6.96. The minimum Gasteiger partial charge on any atom is -0.325 e. The Kier molecular flexibility index (Phi) is 4.82. The summed E-state index contributed by atoms with van der Waals surface area (Å²) in [4.78, 5) is 13.2. The third-order valence-electron chi connectivity index (χ3n) is 5.79. The van der Waals surface area contributed by atoms with Gasteiger partial charge >= 0.3 is 0 Å². The van der Waals surface area contributed by atoms with Crippen molar-refractivity contribution in [2.24, 2.45) is 0 Å². The summed E-state index contributed by atoms with van der Waals surface area (Å²) in [5, 5.41) is 2.94. The van der Waals surface area contributed by atoms with E-state index in [0.717, 1.165) is 31.2 Å². The first-order valence-corrected chi connectivity index (χ1v) is 11.6. The maximum absolute atomic E-state index is 13.1. The van der Waals surface area contributed by atoms with Crippen molar-refractivity contribution >= 4 is 21.6 Å². The van der Waals surface area contributed by atoms with Gasteiger partial charge in [0, 0.05) is 11.7 Å². The molecule has 0 radical (unpaired) electrons. The first kappa shape index (κ1) is 20.1. The number of benzene rings is 2. The molecular weight excluding hydrogens is 384 g/mol. The molecule has 2 fully saturated rings. The topological polar surface area (TPSA) is 75.3 Å². The first-order valence-electron chi connectivity index (χ1n) is 10.2. The number of amides is 1. The first-order chi connectivity index (χ1) is 13.6. The van der Waals surface area contributed by atoms with E-state index < -0.39 is 15.4 Å². The van der Waals surface area contributed by atoms with Gasteiger partial charge in [-0.15, -0.1) is 0 Å². The zero-order valence-corrected chi connectivity index (χ0v) is 18.0. The summed E-state index contributed by atoms with van der Waals surface area (Å²) in [6.45, 7) is 6.50. The molecule has 0 unspecified atom stereocenters. The number of nitrogens with one attached hydrogen (secondary N) is 2. The second-order valence-electron chi connectivity index (χ2n) is 9.29. The lowest BCUT2D eigenvalue weighted by molar-refractivity contribution is -0.118. The molecule has 0 bridgehead atoms.